The molecule has 4 nitrogen and oxygen atoms in total. The Morgan fingerprint density at radius 2 is 1.88 bits per heavy atom. The number of aromatic nitrogens is 2. The highest BCUT2D eigenvalue weighted by atomic mass is 32.2. The number of nitrogens with one attached hydrogen (secondary N) is 1. The number of nitrogens with zero attached hydrogens (tertiary/aromatic N) is 2. The Morgan fingerprint density at radius 3 is 2.56 bits per heavy atom. The largest absolute Gasteiger partial charge is 0.311 e. The SMILES string of the molecule is [C-]#[N+]c1c(-c2ccc(C)cc2)nc(SCc2cccc(C)c2)[nH]c1=O. The summed E-state index contributed by atoms with van der Waals surface area (Å²) in [6.07, 6.45) is 0. The quantitative estimate of drug-likeness (QED) is 0.415. The molecule has 5 heteroatoms. The molecule has 124 valence electrons. The molecule has 0 saturated carbocycles. The summed E-state index contributed by atoms with van der Waals surface area (Å²) in [7, 11) is 0. The van der Waals surface area contributed by atoms with Gasteiger partial charge >= 0.3 is 0 Å². The summed E-state index contributed by atoms with van der Waals surface area (Å²) in [6, 6.07) is 15.9. The van der Waals surface area contributed by atoms with Crippen LogP contribution in [0, 0.1) is 20.4 Å². The summed E-state index contributed by atoms with van der Waals surface area (Å²) in [6.45, 7) is 11.3. The van der Waals surface area contributed by atoms with Crippen LogP contribution in [0.25, 0.3) is 16.1 Å². The van der Waals surface area contributed by atoms with Gasteiger partial charge in [-0.05, 0) is 25.0 Å². The van der Waals surface area contributed by atoms with Crippen molar-refractivity contribution >= 4 is 17.4 Å². The van der Waals surface area contributed by atoms with Gasteiger partial charge in [0, 0.05) is 5.75 Å². The molecule has 1 N–H and O–H groups in total. The van der Waals surface area contributed by atoms with E-state index in [1.54, 1.807) is 0 Å². The second kappa shape index (κ2) is 7.37. The second-order valence-corrected chi connectivity index (χ2v) is 6.79. The number of hydrogen-bond acceptors (Lipinski definition) is 3. The van der Waals surface area contributed by atoms with E-state index in [2.05, 4.69) is 20.9 Å². The highest BCUT2D eigenvalue weighted by molar-refractivity contribution is 7.98. The van der Waals surface area contributed by atoms with Crippen molar-refractivity contribution < 1.29 is 0 Å². The molecule has 2 aromatic carbocycles. The van der Waals surface area contributed by atoms with Crippen molar-refractivity contribution in [3.05, 3.63) is 87.0 Å². The Kier molecular flexibility index (Phi) is 5.01. The predicted molar refractivity (Wildman–Crippen MR) is 102 cm³/mol. The van der Waals surface area contributed by atoms with Crippen LogP contribution < -0.4 is 5.56 Å². The van der Waals surface area contributed by atoms with E-state index in [1.165, 1.54) is 22.9 Å². The maximum atomic E-state index is 12.3. The van der Waals surface area contributed by atoms with E-state index in [1.807, 2.05) is 56.3 Å². The van der Waals surface area contributed by atoms with Crippen molar-refractivity contribution in [1.29, 1.82) is 0 Å². The van der Waals surface area contributed by atoms with Gasteiger partial charge in [0.05, 0.1) is 12.3 Å². The average molecular weight is 347 g/mol. The fraction of sp³-hybridized carbons (Fsp3) is 0.150. The van der Waals surface area contributed by atoms with Gasteiger partial charge in [0.2, 0.25) is 0 Å². The van der Waals surface area contributed by atoms with Crippen LogP contribution in [-0.4, -0.2) is 9.97 Å². The molecule has 0 unspecified atom stereocenters. The van der Waals surface area contributed by atoms with Crippen LogP contribution in [0.4, 0.5) is 5.69 Å². The van der Waals surface area contributed by atoms with Gasteiger partial charge < -0.3 is 4.98 Å². The molecule has 0 aliphatic carbocycles. The van der Waals surface area contributed by atoms with Gasteiger partial charge in [0.1, 0.15) is 0 Å². The minimum Gasteiger partial charge on any atom is -0.311 e. The van der Waals surface area contributed by atoms with E-state index in [9.17, 15) is 4.79 Å². The normalized spacial score (nSPS) is 10.4. The van der Waals surface area contributed by atoms with E-state index in [0.717, 1.165) is 11.1 Å². The molecule has 0 bridgehead atoms. The molecular weight excluding hydrogens is 330 g/mol. The van der Waals surface area contributed by atoms with Crippen molar-refractivity contribution in [2.75, 3.05) is 0 Å². The summed E-state index contributed by atoms with van der Waals surface area (Å²) in [5, 5.41) is 0.523. The molecule has 25 heavy (non-hydrogen) atoms. The lowest BCUT2D eigenvalue weighted by molar-refractivity contribution is 0.949. The van der Waals surface area contributed by atoms with Crippen LogP contribution in [0.15, 0.2) is 58.5 Å². The lowest BCUT2D eigenvalue weighted by atomic mass is 10.1. The first-order valence-electron chi connectivity index (χ1n) is 7.84. The van der Waals surface area contributed by atoms with Crippen molar-refractivity contribution in [3.8, 4) is 11.3 Å². The summed E-state index contributed by atoms with van der Waals surface area (Å²) >= 11 is 1.46. The third kappa shape index (κ3) is 3.98. The maximum Gasteiger partial charge on any atom is 0.276 e. The van der Waals surface area contributed by atoms with Crippen LogP contribution in [0.1, 0.15) is 16.7 Å². The number of hydrogen-bond donors (Lipinski definition) is 1. The topological polar surface area (TPSA) is 50.1 Å². The molecule has 0 radical (unpaired) electrons. The summed E-state index contributed by atoms with van der Waals surface area (Å²) in [5.74, 6) is 0.704. The molecule has 0 spiro atoms. The van der Waals surface area contributed by atoms with Crippen molar-refractivity contribution in [2.24, 2.45) is 0 Å². The van der Waals surface area contributed by atoms with Gasteiger partial charge in [-0.3, -0.25) is 4.79 Å². The molecule has 1 heterocycles. The number of thioether (sulfide) groups is 1. The minimum atomic E-state index is -0.396. The van der Waals surface area contributed by atoms with Crippen LogP contribution in [-0.2, 0) is 5.75 Å². The zero-order chi connectivity index (χ0) is 17.8. The molecule has 0 aliphatic heterocycles. The predicted octanol–water partition coefficient (Wildman–Crippen LogP) is 4.90. The summed E-state index contributed by atoms with van der Waals surface area (Å²) in [5.41, 5.74) is 4.33. The van der Waals surface area contributed by atoms with Gasteiger partial charge in [-0.2, -0.15) is 0 Å². The van der Waals surface area contributed by atoms with E-state index < -0.39 is 5.56 Å². The highest BCUT2D eigenvalue weighted by Crippen LogP contribution is 2.28. The van der Waals surface area contributed by atoms with Crippen LogP contribution in [0.2, 0.25) is 0 Å². The van der Waals surface area contributed by atoms with Crippen LogP contribution in [0.5, 0.6) is 0 Å². The second-order valence-electron chi connectivity index (χ2n) is 5.82. The van der Waals surface area contributed by atoms with Gasteiger partial charge in [-0.15, -0.1) is 0 Å². The highest BCUT2D eigenvalue weighted by Gasteiger charge is 2.14. The molecule has 1 aromatic heterocycles. The zero-order valence-electron chi connectivity index (χ0n) is 14.0. The smallest absolute Gasteiger partial charge is 0.276 e. The van der Waals surface area contributed by atoms with Gasteiger partial charge in [0.15, 0.2) is 5.16 Å². The number of aromatic amines is 1. The summed E-state index contributed by atoms with van der Waals surface area (Å²) < 4.78 is 0. The van der Waals surface area contributed by atoms with Crippen molar-refractivity contribution in [2.45, 2.75) is 24.8 Å². The van der Waals surface area contributed by atoms with E-state index in [0.29, 0.717) is 16.6 Å². The molecule has 0 fully saturated rings. The number of benzene rings is 2. The maximum absolute atomic E-state index is 12.3. The lowest BCUT2D eigenvalue weighted by Gasteiger charge is -2.07. The van der Waals surface area contributed by atoms with Gasteiger partial charge in [-0.1, -0.05) is 71.4 Å². The Balaban J connectivity index is 1.95. The Bertz CT molecular complexity index is 1000. The van der Waals surface area contributed by atoms with E-state index in [-0.39, 0.29) is 5.69 Å². The fourth-order valence-corrected chi connectivity index (χ4v) is 3.29. The molecule has 0 atom stereocenters. The lowest BCUT2D eigenvalue weighted by Crippen LogP contribution is -2.09. The number of aryl methyl sites for hydroxylation is 2. The molecule has 0 saturated heterocycles. The Labute approximate surface area is 150 Å². The van der Waals surface area contributed by atoms with E-state index in [4.69, 9.17) is 6.57 Å². The minimum absolute atomic E-state index is 0.0313. The molecule has 0 amide bonds. The van der Waals surface area contributed by atoms with Gasteiger partial charge in [0.25, 0.3) is 11.2 Å². The van der Waals surface area contributed by atoms with Crippen molar-refractivity contribution in [3.63, 3.8) is 0 Å². The zero-order valence-corrected chi connectivity index (χ0v) is 14.9. The first-order valence-corrected chi connectivity index (χ1v) is 8.82. The fourth-order valence-electron chi connectivity index (χ4n) is 2.48. The average Bonchev–Trinajstić information content (AvgIpc) is 2.60. The Morgan fingerprint density at radius 1 is 1.12 bits per heavy atom. The van der Waals surface area contributed by atoms with Crippen molar-refractivity contribution in [1.82, 2.24) is 9.97 Å². The third-order valence-corrected chi connectivity index (χ3v) is 4.71. The molecule has 3 aromatic rings. The molecular formula is C20H17N3OS. The molecule has 3 rings (SSSR count). The van der Waals surface area contributed by atoms with Gasteiger partial charge in [-0.25, -0.2) is 9.83 Å². The van der Waals surface area contributed by atoms with E-state index >= 15 is 0 Å². The first kappa shape index (κ1) is 17.0. The number of H-pyrrole nitrogens is 1. The monoisotopic (exact) mass is 347 g/mol. The number of rotatable bonds is 4. The third-order valence-electron chi connectivity index (χ3n) is 3.77. The summed E-state index contributed by atoms with van der Waals surface area (Å²) in [4.78, 5) is 22.9. The Hall–Kier alpha value is -2.84. The molecule has 0 aliphatic rings. The van der Waals surface area contributed by atoms with Crippen LogP contribution >= 0.6 is 11.8 Å². The standard InChI is InChI=1S/C20H17N3OS/c1-13-7-9-16(10-8-13)17-18(21-3)19(24)23-20(22-17)25-12-15-6-4-5-14(2)11-15/h4-11H,12H2,1-2H3,(H,22,23,24). The first-order chi connectivity index (χ1) is 12.1. The van der Waals surface area contributed by atoms with Crippen LogP contribution in [0.3, 0.4) is 0 Å².